The van der Waals surface area contributed by atoms with E-state index in [0.717, 1.165) is 31.9 Å². The molecule has 1 spiro atoms. The third-order valence-electron chi connectivity index (χ3n) is 6.53. The zero-order chi connectivity index (χ0) is 19.7. The van der Waals surface area contributed by atoms with Crippen molar-refractivity contribution in [1.82, 2.24) is 14.8 Å². The lowest BCUT2D eigenvalue weighted by Gasteiger charge is -2.47. The summed E-state index contributed by atoms with van der Waals surface area (Å²) in [7, 11) is 3.87. The molecule has 3 aliphatic rings. The standard InChI is InChI=1S/C20H30FN7/c1-23-12-17(25-22)19-18(9-15(21)11-24-19)28-7-5-27(6-8-28)16-3-4-20(10-16)13-26(2)14-20/h9,11-12,16H,3-8,10,13-14,22H2,1-2H3/b23-12?,25-17+. The lowest BCUT2D eigenvalue weighted by atomic mass is 9.78. The molecule has 1 aromatic rings. The minimum Gasteiger partial charge on any atom is -0.367 e. The van der Waals surface area contributed by atoms with Crippen molar-refractivity contribution in [3.05, 3.63) is 23.8 Å². The second kappa shape index (κ2) is 7.75. The Kier molecular flexibility index (Phi) is 5.33. The maximum atomic E-state index is 13.9. The summed E-state index contributed by atoms with van der Waals surface area (Å²) in [4.78, 5) is 15.5. The minimum atomic E-state index is -0.349. The van der Waals surface area contributed by atoms with Crippen LogP contribution in [-0.2, 0) is 0 Å². The van der Waals surface area contributed by atoms with Crippen LogP contribution in [0.3, 0.4) is 0 Å². The van der Waals surface area contributed by atoms with Gasteiger partial charge in [-0.2, -0.15) is 5.10 Å². The summed E-state index contributed by atoms with van der Waals surface area (Å²) in [6.07, 6.45) is 6.75. The van der Waals surface area contributed by atoms with Crippen molar-refractivity contribution in [3.8, 4) is 0 Å². The van der Waals surface area contributed by atoms with Crippen LogP contribution in [0.5, 0.6) is 0 Å². The first-order valence-corrected chi connectivity index (χ1v) is 10.1. The fourth-order valence-electron chi connectivity index (χ4n) is 5.35. The molecule has 1 aromatic heterocycles. The van der Waals surface area contributed by atoms with Crippen LogP contribution in [0.4, 0.5) is 10.1 Å². The van der Waals surface area contributed by atoms with Gasteiger partial charge in [0.25, 0.3) is 0 Å². The van der Waals surface area contributed by atoms with Gasteiger partial charge >= 0.3 is 0 Å². The maximum absolute atomic E-state index is 13.9. The predicted octanol–water partition coefficient (Wildman–Crippen LogP) is 1.19. The Morgan fingerprint density at radius 3 is 2.71 bits per heavy atom. The SMILES string of the molecule is CN=C/C(=N\N)c1ncc(F)cc1N1CCN(C2CCC3(C2)CN(C)C3)CC1. The molecule has 152 valence electrons. The number of likely N-dealkylation sites (tertiary alicyclic amines) is 1. The molecule has 0 radical (unpaired) electrons. The molecule has 1 aliphatic carbocycles. The van der Waals surface area contributed by atoms with Gasteiger partial charge in [0.05, 0.1) is 18.1 Å². The van der Waals surface area contributed by atoms with Gasteiger partial charge in [-0.25, -0.2) is 9.37 Å². The largest absolute Gasteiger partial charge is 0.367 e. The van der Waals surface area contributed by atoms with Gasteiger partial charge in [0, 0.05) is 58.4 Å². The summed E-state index contributed by atoms with van der Waals surface area (Å²) in [6, 6.07) is 2.22. The normalized spacial score (nSPS) is 26.3. The Hall–Kier alpha value is -2.06. The van der Waals surface area contributed by atoms with E-state index in [1.807, 2.05) is 0 Å². The van der Waals surface area contributed by atoms with Gasteiger partial charge in [0.1, 0.15) is 17.2 Å². The number of pyridine rings is 1. The van der Waals surface area contributed by atoms with Gasteiger partial charge in [0.15, 0.2) is 0 Å². The molecule has 0 amide bonds. The van der Waals surface area contributed by atoms with Crippen molar-refractivity contribution >= 4 is 17.6 Å². The molecule has 3 heterocycles. The van der Waals surface area contributed by atoms with Crippen molar-refractivity contribution in [2.45, 2.75) is 25.3 Å². The molecule has 0 aromatic carbocycles. The Morgan fingerprint density at radius 1 is 1.32 bits per heavy atom. The van der Waals surface area contributed by atoms with Crippen molar-refractivity contribution < 1.29 is 4.39 Å². The summed E-state index contributed by atoms with van der Waals surface area (Å²) < 4.78 is 13.9. The van der Waals surface area contributed by atoms with E-state index in [4.69, 9.17) is 5.84 Å². The van der Waals surface area contributed by atoms with Gasteiger partial charge in [-0.05, 0) is 31.7 Å². The molecular weight excluding hydrogens is 357 g/mol. The van der Waals surface area contributed by atoms with Crippen LogP contribution >= 0.6 is 0 Å². The second-order valence-corrected chi connectivity index (χ2v) is 8.51. The third-order valence-corrected chi connectivity index (χ3v) is 6.53. The van der Waals surface area contributed by atoms with Crippen molar-refractivity contribution in [2.75, 3.05) is 58.3 Å². The number of hydrogen-bond donors (Lipinski definition) is 1. The quantitative estimate of drug-likeness (QED) is 0.477. The summed E-state index contributed by atoms with van der Waals surface area (Å²) >= 11 is 0. The number of anilines is 1. The van der Waals surface area contributed by atoms with Gasteiger partial charge in [-0.15, -0.1) is 0 Å². The molecule has 2 aliphatic heterocycles. The Balaban J connectivity index is 1.43. The van der Waals surface area contributed by atoms with Gasteiger partial charge < -0.3 is 15.6 Å². The van der Waals surface area contributed by atoms with E-state index in [-0.39, 0.29) is 5.82 Å². The van der Waals surface area contributed by atoms with E-state index in [9.17, 15) is 4.39 Å². The van der Waals surface area contributed by atoms with E-state index < -0.39 is 0 Å². The van der Waals surface area contributed by atoms with Crippen molar-refractivity contribution in [3.63, 3.8) is 0 Å². The minimum absolute atomic E-state index is 0.349. The molecule has 2 N–H and O–H groups in total. The van der Waals surface area contributed by atoms with Crippen LogP contribution in [-0.4, -0.2) is 86.1 Å². The highest BCUT2D eigenvalue weighted by molar-refractivity contribution is 6.38. The molecule has 2 saturated heterocycles. The Morgan fingerprint density at radius 2 is 2.07 bits per heavy atom. The first kappa shape index (κ1) is 19.3. The lowest BCUT2D eigenvalue weighted by Crippen LogP contribution is -2.54. The van der Waals surface area contributed by atoms with Crippen molar-refractivity contribution in [2.24, 2.45) is 21.4 Å². The van der Waals surface area contributed by atoms with E-state index in [0.29, 0.717) is 22.9 Å². The number of hydrogen-bond acceptors (Lipinski definition) is 7. The average Bonchev–Trinajstić information content (AvgIpc) is 3.11. The molecule has 4 rings (SSSR count). The fourth-order valence-corrected chi connectivity index (χ4v) is 5.35. The predicted molar refractivity (Wildman–Crippen MR) is 111 cm³/mol. The van der Waals surface area contributed by atoms with Crippen molar-refractivity contribution in [1.29, 1.82) is 0 Å². The number of piperazine rings is 1. The Bertz CT molecular complexity index is 764. The molecule has 1 saturated carbocycles. The average molecular weight is 388 g/mol. The van der Waals surface area contributed by atoms with Crippen LogP contribution in [0.2, 0.25) is 0 Å². The second-order valence-electron chi connectivity index (χ2n) is 8.51. The number of nitrogens with zero attached hydrogens (tertiary/aromatic N) is 6. The van der Waals surface area contributed by atoms with Gasteiger partial charge in [-0.1, -0.05) is 0 Å². The van der Waals surface area contributed by atoms with Crippen LogP contribution < -0.4 is 10.7 Å². The van der Waals surface area contributed by atoms with E-state index in [2.05, 4.69) is 36.8 Å². The summed E-state index contributed by atoms with van der Waals surface area (Å²) in [6.45, 7) is 6.18. The van der Waals surface area contributed by atoms with E-state index >= 15 is 0 Å². The molecule has 0 bridgehead atoms. The van der Waals surface area contributed by atoms with Crippen LogP contribution in [0.25, 0.3) is 0 Å². The number of aromatic nitrogens is 1. The Labute approximate surface area is 166 Å². The number of halogens is 1. The van der Waals surface area contributed by atoms with Crippen LogP contribution in [0, 0.1) is 11.2 Å². The van der Waals surface area contributed by atoms with Crippen LogP contribution in [0.15, 0.2) is 22.4 Å². The van der Waals surface area contributed by atoms with E-state index in [1.165, 1.54) is 44.6 Å². The molecule has 1 unspecified atom stereocenters. The number of rotatable bonds is 4. The highest BCUT2D eigenvalue weighted by Gasteiger charge is 2.48. The zero-order valence-electron chi connectivity index (χ0n) is 16.8. The zero-order valence-corrected chi connectivity index (χ0v) is 16.8. The lowest BCUT2D eigenvalue weighted by molar-refractivity contribution is 0.0204. The summed E-state index contributed by atoms with van der Waals surface area (Å²) in [5, 5.41) is 3.79. The third kappa shape index (κ3) is 3.63. The molecule has 3 fully saturated rings. The highest BCUT2D eigenvalue weighted by Crippen LogP contribution is 2.46. The van der Waals surface area contributed by atoms with Crippen LogP contribution in [0.1, 0.15) is 25.0 Å². The molecular formula is C20H30FN7. The first-order chi connectivity index (χ1) is 13.5. The number of nitrogens with two attached hydrogens (primary N) is 1. The summed E-state index contributed by atoms with van der Waals surface area (Å²) in [5.74, 6) is 5.17. The number of hydrazone groups is 1. The number of aliphatic imine (C=N–C) groups is 1. The maximum Gasteiger partial charge on any atom is 0.143 e. The van der Waals surface area contributed by atoms with E-state index in [1.54, 1.807) is 13.3 Å². The highest BCUT2D eigenvalue weighted by atomic mass is 19.1. The smallest absolute Gasteiger partial charge is 0.143 e. The molecule has 1 atom stereocenters. The molecule has 7 nitrogen and oxygen atoms in total. The van der Waals surface area contributed by atoms with Gasteiger partial charge in [0.2, 0.25) is 0 Å². The van der Waals surface area contributed by atoms with Gasteiger partial charge in [-0.3, -0.25) is 9.89 Å². The molecule has 8 heteroatoms. The topological polar surface area (TPSA) is 73.3 Å². The monoisotopic (exact) mass is 387 g/mol. The fraction of sp³-hybridized carbons (Fsp3) is 0.650. The summed E-state index contributed by atoms with van der Waals surface area (Å²) in [5.41, 5.74) is 2.36. The molecule has 28 heavy (non-hydrogen) atoms. The first-order valence-electron chi connectivity index (χ1n) is 10.1.